The molecule has 0 aliphatic rings. The summed E-state index contributed by atoms with van der Waals surface area (Å²) in [6.07, 6.45) is 0.0138. The summed E-state index contributed by atoms with van der Waals surface area (Å²) in [4.78, 5) is 12.1. The van der Waals surface area contributed by atoms with Crippen LogP contribution in [0.25, 0.3) is 0 Å². The summed E-state index contributed by atoms with van der Waals surface area (Å²) >= 11 is 1.32. The normalized spacial score (nSPS) is 11.9. The fourth-order valence-electron chi connectivity index (χ4n) is 2.11. The summed E-state index contributed by atoms with van der Waals surface area (Å²) in [5.41, 5.74) is 1.07. The summed E-state index contributed by atoms with van der Waals surface area (Å²) in [5, 5.41) is 11.8. The van der Waals surface area contributed by atoms with Crippen LogP contribution in [0.4, 0.5) is 5.13 Å². The standard InChI is InChI=1S/C17H24N4O3S2/c1-11(2)13-5-7-14(8-6-13)26(23,24)18-10-9-15(22)19-17-21-20-16(25-17)12(3)4/h5-8,11-12,18H,9-10H2,1-4H3,(H,19,21,22). The van der Waals surface area contributed by atoms with E-state index < -0.39 is 10.0 Å². The monoisotopic (exact) mass is 396 g/mol. The molecule has 142 valence electrons. The van der Waals surface area contributed by atoms with Gasteiger partial charge >= 0.3 is 0 Å². The molecule has 1 amide bonds. The Labute approximate surface area is 158 Å². The van der Waals surface area contributed by atoms with Gasteiger partial charge in [0.25, 0.3) is 0 Å². The molecule has 2 aromatic rings. The average molecular weight is 397 g/mol. The van der Waals surface area contributed by atoms with Crippen molar-refractivity contribution in [3.63, 3.8) is 0 Å². The van der Waals surface area contributed by atoms with E-state index in [2.05, 4.69) is 20.2 Å². The Bertz CT molecular complexity index is 843. The van der Waals surface area contributed by atoms with Gasteiger partial charge < -0.3 is 5.32 Å². The van der Waals surface area contributed by atoms with Crippen LogP contribution in [-0.4, -0.2) is 31.1 Å². The van der Waals surface area contributed by atoms with Crippen LogP contribution < -0.4 is 10.0 Å². The molecule has 1 heterocycles. The van der Waals surface area contributed by atoms with E-state index in [1.54, 1.807) is 24.3 Å². The molecule has 0 unspecified atom stereocenters. The number of anilines is 1. The summed E-state index contributed by atoms with van der Waals surface area (Å²) < 4.78 is 27.0. The van der Waals surface area contributed by atoms with Gasteiger partial charge in [0.1, 0.15) is 5.01 Å². The zero-order valence-electron chi connectivity index (χ0n) is 15.3. The van der Waals surface area contributed by atoms with Crippen LogP contribution in [0, 0.1) is 0 Å². The van der Waals surface area contributed by atoms with E-state index in [-0.39, 0.29) is 29.7 Å². The van der Waals surface area contributed by atoms with Crippen molar-refractivity contribution >= 4 is 32.4 Å². The predicted molar refractivity (Wildman–Crippen MR) is 103 cm³/mol. The molecule has 0 spiro atoms. The van der Waals surface area contributed by atoms with E-state index in [1.165, 1.54) is 11.3 Å². The minimum Gasteiger partial charge on any atom is -0.300 e. The lowest BCUT2D eigenvalue weighted by atomic mass is 10.0. The van der Waals surface area contributed by atoms with Gasteiger partial charge in [0.2, 0.25) is 21.1 Å². The second-order valence-corrected chi connectivity index (χ2v) is 9.30. The van der Waals surface area contributed by atoms with Crippen molar-refractivity contribution in [3.8, 4) is 0 Å². The van der Waals surface area contributed by atoms with E-state index in [9.17, 15) is 13.2 Å². The highest BCUT2D eigenvalue weighted by Crippen LogP contribution is 2.22. The molecule has 0 fully saturated rings. The van der Waals surface area contributed by atoms with Crippen LogP contribution in [-0.2, 0) is 14.8 Å². The molecule has 0 saturated carbocycles. The fraction of sp³-hybridized carbons (Fsp3) is 0.471. The average Bonchev–Trinajstić information content (AvgIpc) is 3.03. The van der Waals surface area contributed by atoms with E-state index in [0.717, 1.165) is 10.6 Å². The topological polar surface area (TPSA) is 101 Å². The summed E-state index contributed by atoms with van der Waals surface area (Å²) in [5.74, 6) is 0.265. The number of carbonyl (C=O) groups is 1. The van der Waals surface area contributed by atoms with Crippen LogP contribution in [0.3, 0.4) is 0 Å². The molecule has 2 rings (SSSR count). The minimum atomic E-state index is -3.63. The largest absolute Gasteiger partial charge is 0.300 e. The number of hydrogen-bond donors (Lipinski definition) is 2. The molecule has 26 heavy (non-hydrogen) atoms. The Kier molecular flexibility index (Phi) is 6.85. The number of rotatable bonds is 8. The highest BCUT2D eigenvalue weighted by Gasteiger charge is 2.15. The summed E-state index contributed by atoms with van der Waals surface area (Å²) in [6.45, 7) is 8.09. The second-order valence-electron chi connectivity index (χ2n) is 6.52. The highest BCUT2D eigenvalue weighted by molar-refractivity contribution is 7.89. The highest BCUT2D eigenvalue weighted by atomic mass is 32.2. The smallest absolute Gasteiger partial charge is 0.240 e. The number of carbonyl (C=O) groups excluding carboxylic acids is 1. The number of amides is 1. The second kappa shape index (κ2) is 8.70. The van der Waals surface area contributed by atoms with Gasteiger partial charge in [-0.25, -0.2) is 13.1 Å². The number of nitrogens with one attached hydrogen (secondary N) is 2. The fourth-order valence-corrected chi connectivity index (χ4v) is 3.91. The van der Waals surface area contributed by atoms with Gasteiger partial charge in [-0.05, 0) is 23.6 Å². The van der Waals surface area contributed by atoms with Crippen LogP contribution in [0.2, 0.25) is 0 Å². The van der Waals surface area contributed by atoms with Crippen LogP contribution in [0.1, 0.15) is 56.5 Å². The maximum Gasteiger partial charge on any atom is 0.240 e. The van der Waals surface area contributed by atoms with Crippen LogP contribution >= 0.6 is 11.3 Å². The van der Waals surface area contributed by atoms with E-state index in [1.807, 2.05) is 27.7 Å². The number of sulfonamides is 1. The molecular formula is C17H24N4O3S2. The number of nitrogens with zero attached hydrogens (tertiary/aromatic N) is 2. The van der Waals surface area contributed by atoms with Crippen LogP contribution in [0.15, 0.2) is 29.2 Å². The first-order valence-corrected chi connectivity index (χ1v) is 10.7. The maximum absolute atomic E-state index is 12.3. The molecular weight excluding hydrogens is 372 g/mol. The zero-order valence-corrected chi connectivity index (χ0v) is 16.9. The molecule has 0 bridgehead atoms. The Morgan fingerprint density at radius 3 is 2.27 bits per heavy atom. The lowest BCUT2D eigenvalue weighted by molar-refractivity contribution is -0.116. The number of aromatic nitrogens is 2. The van der Waals surface area contributed by atoms with Crippen molar-refractivity contribution in [3.05, 3.63) is 34.8 Å². The van der Waals surface area contributed by atoms with Crippen molar-refractivity contribution < 1.29 is 13.2 Å². The first kappa shape index (κ1) is 20.5. The minimum absolute atomic E-state index is 0.00986. The third-order valence-electron chi connectivity index (χ3n) is 3.68. The van der Waals surface area contributed by atoms with Crippen molar-refractivity contribution in [1.82, 2.24) is 14.9 Å². The number of hydrogen-bond acceptors (Lipinski definition) is 6. The molecule has 0 radical (unpaired) electrons. The van der Waals surface area contributed by atoms with Gasteiger partial charge in [0.05, 0.1) is 4.90 Å². The molecule has 0 aliphatic carbocycles. The van der Waals surface area contributed by atoms with Gasteiger partial charge in [-0.2, -0.15) is 0 Å². The molecule has 0 atom stereocenters. The van der Waals surface area contributed by atoms with E-state index >= 15 is 0 Å². The molecule has 1 aromatic carbocycles. The SMILES string of the molecule is CC(C)c1ccc(S(=O)(=O)NCCC(=O)Nc2nnc(C(C)C)s2)cc1. The molecule has 9 heteroatoms. The van der Waals surface area contributed by atoms with Crippen LogP contribution in [0.5, 0.6) is 0 Å². The van der Waals surface area contributed by atoms with Gasteiger partial charge in [-0.1, -0.05) is 51.2 Å². The summed E-state index contributed by atoms with van der Waals surface area (Å²) in [6, 6.07) is 6.75. The number of benzene rings is 1. The third-order valence-corrected chi connectivity index (χ3v) is 6.30. The van der Waals surface area contributed by atoms with Gasteiger partial charge in [0, 0.05) is 18.9 Å². The van der Waals surface area contributed by atoms with E-state index in [0.29, 0.717) is 11.0 Å². The van der Waals surface area contributed by atoms with E-state index in [4.69, 9.17) is 0 Å². The van der Waals surface area contributed by atoms with Crippen molar-refractivity contribution in [1.29, 1.82) is 0 Å². The summed E-state index contributed by atoms with van der Waals surface area (Å²) in [7, 11) is -3.63. The van der Waals surface area contributed by atoms with Gasteiger partial charge in [0.15, 0.2) is 0 Å². The Morgan fingerprint density at radius 1 is 1.08 bits per heavy atom. The first-order valence-electron chi connectivity index (χ1n) is 8.42. The van der Waals surface area contributed by atoms with Crippen molar-refractivity contribution in [2.24, 2.45) is 0 Å². The Morgan fingerprint density at radius 2 is 1.73 bits per heavy atom. The Balaban J connectivity index is 1.86. The van der Waals surface area contributed by atoms with Gasteiger partial charge in [-0.3, -0.25) is 4.79 Å². The molecule has 1 aromatic heterocycles. The Hall–Kier alpha value is -1.84. The quantitative estimate of drug-likeness (QED) is 0.714. The first-order chi connectivity index (χ1) is 12.2. The van der Waals surface area contributed by atoms with Crippen molar-refractivity contribution in [2.75, 3.05) is 11.9 Å². The van der Waals surface area contributed by atoms with Gasteiger partial charge in [-0.15, -0.1) is 10.2 Å². The molecule has 2 N–H and O–H groups in total. The lowest BCUT2D eigenvalue weighted by Crippen LogP contribution is -2.27. The third kappa shape index (κ3) is 5.58. The molecule has 0 saturated heterocycles. The van der Waals surface area contributed by atoms with Crippen molar-refractivity contribution in [2.45, 2.75) is 50.8 Å². The molecule has 0 aliphatic heterocycles. The maximum atomic E-state index is 12.3. The molecule has 7 nitrogen and oxygen atoms in total. The lowest BCUT2D eigenvalue weighted by Gasteiger charge is -2.09. The predicted octanol–water partition coefficient (Wildman–Crippen LogP) is 3.09. The zero-order chi connectivity index (χ0) is 19.3.